The predicted molar refractivity (Wildman–Crippen MR) is 120 cm³/mol. The van der Waals surface area contributed by atoms with Gasteiger partial charge in [0.25, 0.3) is 0 Å². The highest BCUT2D eigenvalue weighted by atomic mass is 35.5. The van der Waals surface area contributed by atoms with Gasteiger partial charge in [-0.2, -0.15) is 4.31 Å². The fourth-order valence-corrected chi connectivity index (χ4v) is 5.30. The number of aromatic nitrogens is 2. The van der Waals surface area contributed by atoms with Crippen LogP contribution in [0.1, 0.15) is 0 Å². The van der Waals surface area contributed by atoms with Crippen LogP contribution < -0.4 is 4.90 Å². The zero-order valence-electron chi connectivity index (χ0n) is 15.7. The first-order valence-corrected chi connectivity index (χ1v) is 11.7. The molecule has 1 aliphatic heterocycles. The lowest BCUT2D eigenvalue weighted by Crippen LogP contribution is -2.48. The Morgan fingerprint density at radius 3 is 2.03 bits per heavy atom. The molecule has 0 N–H and O–H groups in total. The van der Waals surface area contributed by atoms with Gasteiger partial charge >= 0.3 is 0 Å². The number of anilines is 1. The molecule has 30 heavy (non-hydrogen) atoms. The van der Waals surface area contributed by atoms with E-state index in [4.69, 9.17) is 34.8 Å². The van der Waals surface area contributed by atoms with Crippen LogP contribution in [0, 0.1) is 0 Å². The Hall–Kier alpha value is -1.90. The smallest absolute Gasteiger partial charge is 0.243 e. The van der Waals surface area contributed by atoms with Crippen molar-refractivity contribution < 1.29 is 8.42 Å². The van der Waals surface area contributed by atoms with E-state index >= 15 is 0 Å². The number of sulfonamides is 1. The Morgan fingerprint density at radius 1 is 0.767 bits per heavy atom. The molecule has 1 aromatic heterocycles. The normalized spacial score (nSPS) is 15.4. The predicted octanol–water partition coefficient (Wildman–Crippen LogP) is 4.61. The fraction of sp³-hybridized carbons (Fsp3) is 0.200. The molecule has 0 atom stereocenters. The van der Waals surface area contributed by atoms with E-state index in [0.29, 0.717) is 52.8 Å². The molecule has 6 nitrogen and oxygen atoms in total. The van der Waals surface area contributed by atoms with Crippen molar-refractivity contribution in [1.29, 1.82) is 0 Å². The van der Waals surface area contributed by atoms with Crippen LogP contribution in [0.15, 0.2) is 59.5 Å². The third-order valence-electron chi connectivity index (χ3n) is 4.87. The molecule has 0 saturated carbocycles. The summed E-state index contributed by atoms with van der Waals surface area (Å²) in [6, 6.07) is 15.1. The first-order chi connectivity index (χ1) is 14.3. The van der Waals surface area contributed by atoms with Gasteiger partial charge in [0.15, 0.2) is 5.82 Å². The summed E-state index contributed by atoms with van der Waals surface area (Å²) in [4.78, 5) is 2.25. The maximum absolute atomic E-state index is 12.8. The summed E-state index contributed by atoms with van der Waals surface area (Å²) in [5.41, 5.74) is 1.39. The molecule has 2 aromatic carbocycles. The molecule has 0 spiro atoms. The quantitative estimate of drug-likeness (QED) is 0.542. The second kappa shape index (κ2) is 8.69. The topological polar surface area (TPSA) is 66.4 Å². The van der Waals surface area contributed by atoms with E-state index in [-0.39, 0.29) is 4.90 Å². The molecular formula is C20H17Cl3N4O2S. The lowest BCUT2D eigenvalue weighted by molar-refractivity contribution is 0.383. The molecule has 4 rings (SSSR count). The van der Waals surface area contributed by atoms with Crippen LogP contribution in [-0.2, 0) is 10.0 Å². The third kappa shape index (κ3) is 4.40. The summed E-state index contributed by atoms with van der Waals surface area (Å²) in [6.45, 7) is 1.75. The number of benzene rings is 2. The van der Waals surface area contributed by atoms with Crippen LogP contribution >= 0.6 is 34.8 Å². The summed E-state index contributed by atoms with van der Waals surface area (Å²) < 4.78 is 27.1. The Bertz CT molecular complexity index is 1150. The van der Waals surface area contributed by atoms with Crippen LogP contribution in [0.2, 0.25) is 15.1 Å². The van der Waals surface area contributed by atoms with Gasteiger partial charge < -0.3 is 4.90 Å². The number of piperazine rings is 1. The van der Waals surface area contributed by atoms with Gasteiger partial charge in [-0.15, -0.1) is 10.2 Å². The SMILES string of the molecule is O=S(=O)(c1ccc(Cl)cc1)N1CCN(c2ccc(-c3ccc(Cl)cc3Cl)nn2)CC1. The largest absolute Gasteiger partial charge is 0.352 e. The van der Waals surface area contributed by atoms with Crippen LogP contribution in [0.4, 0.5) is 5.82 Å². The van der Waals surface area contributed by atoms with E-state index in [2.05, 4.69) is 10.2 Å². The average Bonchev–Trinajstić information content (AvgIpc) is 2.74. The van der Waals surface area contributed by atoms with Crippen molar-refractivity contribution in [3.63, 3.8) is 0 Å². The molecule has 0 bridgehead atoms. The highest BCUT2D eigenvalue weighted by molar-refractivity contribution is 7.89. The maximum Gasteiger partial charge on any atom is 0.243 e. The van der Waals surface area contributed by atoms with Crippen molar-refractivity contribution >= 4 is 50.6 Å². The lowest BCUT2D eigenvalue weighted by Gasteiger charge is -2.34. The molecule has 1 saturated heterocycles. The van der Waals surface area contributed by atoms with Crippen molar-refractivity contribution in [1.82, 2.24) is 14.5 Å². The van der Waals surface area contributed by atoms with Crippen LogP contribution in [0.25, 0.3) is 11.3 Å². The van der Waals surface area contributed by atoms with Crippen molar-refractivity contribution in [2.24, 2.45) is 0 Å². The minimum atomic E-state index is -3.55. The second-order valence-electron chi connectivity index (χ2n) is 6.75. The monoisotopic (exact) mass is 482 g/mol. The van der Waals surface area contributed by atoms with E-state index in [0.717, 1.165) is 5.56 Å². The van der Waals surface area contributed by atoms with Gasteiger partial charge in [0.05, 0.1) is 15.6 Å². The molecule has 0 unspecified atom stereocenters. The fourth-order valence-electron chi connectivity index (χ4n) is 3.25. The van der Waals surface area contributed by atoms with Crippen molar-refractivity contribution in [3.8, 4) is 11.3 Å². The van der Waals surface area contributed by atoms with Gasteiger partial charge in [-0.25, -0.2) is 8.42 Å². The van der Waals surface area contributed by atoms with Crippen molar-refractivity contribution in [2.75, 3.05) is 31.1 Å². The highest BCUT2D eigenvalue weighted by Crippen LogP contribution is 2.29. The van der Waals surface area contributed by atoms with Crippen molar-refractivity contribution in [2.45, 2.75) is 4.90 Å². The van der Waals surface area contributed by atoms with E-state index in [1.165, 1.54) is 16.4 Å². The van der Waals surface area contributed by atoms with Crippen molar-refractivity contribution in [3.05, 3.63) is 69.7 Å². The number of rotatable bonds is 4. The first-order valence-electron chi connectivity index (χ1n) is 9.14. The number of hydrogen-bond acceptors (Lipinski definition) is 5. The third-order valence-corrected chi connectivity index (χ3v) is 7.58. The van der Waals surface area contributed by atoms with Gasteiger partial charge in [0.2, 0.25) is 10.0 Å². The Morgan fingerprint density at radius 2 is 1.43 bits per heavy atom. The van der Waals surface area contributed by atoms with Gasteiger partial charge in [-0.1, -0.05) is 34.8 Å². The molecular weight excluding hydrogens is 467 g/mol. The minimum Gasteiger partial charge on any atom is -0.352 e. The lowest BCUT2D eigenvalue weighted by atomic mass is 10.1. The number of nitrogens with zero attached hydrogens (tertiary/aromatic N) is 4. The zero-order valence-corrected chi connectivity index (χ0v) is 18.8. The second-order valence-corrected chi connectivity index (χ2v) is 9.96. The van der Waals surface area contributed by atoms with Crippen LogP contribution in [0.5, 0.6) is 0 Å². The maximum atomic E-state index is 12.8. The Kier molecular flexibility index (Phi) is 6.18. The standard InChI is InChI=1S/C20H17Cl3N4O2S/c21-14-1-4-16(5-2-14)30(28,29)27-11-9-26(10-12-27)20-8-7-19(24-25-20)17-6-3-15(22)13-18(17)23/h1-8,13H,9-12H2. The molecule has 156 valence electrons. The molecule has 2 heterocycles. The van der Waals surface area contributed by atoms with Crippen LogP contribution in [0.3, 0.4) is 0 Å². The van der Waals surface area contributed by atoms with E-state index in [1.54, 1.807) is 30.3 Å². The molecule has 1 aliphatic rings. The summed E-state index contributed by atoms with van der Waals surface area (Å²) in [7, 11) is -3.55. The number of halogens is 3. The summed E-state index contributed by atoms with van der Waals surface area (Å²) in [6.07, 6.45) is 0. The minimum absolute atomic E-state index is 0.240. The molecule has 0 amide bonds. The van der Waals surface area contributed by atoms with Gasteiger partial charge in [-0.05, 0) is 54.6 Å². The molecule has 0 aliphatic carbocycles. The Balaban J connectivity index is 1.44. The average molecular weight is 484 g/mol. The molecule has 0 radical (unpaired) electrons. The van der Waals surface area contributed by atoms with E-state index in [9.17, 15) is 8.42 Å². The van der Waals surface area contributed by atoms with E-state index < -0.39 is 10.0 Å². The zero-order chi connectivity index (χ0) is 21.3. The molecule has 1 fully saturated rings. The van der Waals surface area contributed by atoms with E-state index in [1.807, 2.05) is 17.0 Å². The van der Waals surface area contributed by atoms with Crippen LogP contribution in [-0.4, -0.2) is 49.1 Å². The highest BCUT2D eigenvalue weighted by Gasteiger charge is 2.29. The molecule has 3 aromatic rings. The number of hydrogen-bond donors (Lipinski definition) is 0. The van der Waals surface area contributed by atoms with Gasteiger partial charge in [0.1, 0.15) is 0 Å². The molecule has 10 heteroatoms. The Labute approximate surface area is 190 Å². The summed E-state index contributed by atoms with van der Waals surface area (Å²) >= 11 is 18.0. The summed E-state index contributed by atoms with van der Waals surface area (Å²) in [5.74, 6) is 0.687. The van der Waals surface area contributed by atoms with Gasteiger partial charge in [0, 0.05) is 41.8 Å². The summed E-state index contributed by atoms with van der Waals surface area (Å²) in [5, 5.41) is 10.1. The first kappa shape index (κ1) is 21.3. The van der Waals surface area contributed by atoms with Gasteiger partial charge in [-0.3, -0.25) is 0 Å².